The van der Waals surface area contributed by atoms with Crippen molar-refractivity contribution in [2.45, 2.75) is 84.2 Å². The molecule has 3 amide bonds. The summed E-state index contributed by atoms with van der Waals surface area (Å²) in [6, 6.07) is 25.6. The minimum Gasteiger partial charge on any atom is -0.481 e. The molecule has 1 aliphatic rings. The summed E-state index contributed by atoms with van der Waals surface area (Å²) in [6.07, 6.45) is 6.24. The largest absolute Gasteiger partial charge is 0.481 e. The van der Waals surface area contributed by atoms with E-state index in [-0.39, 0.29) is 42.0 Å². The second kappa shape index (κ2) is 21.6. The Morgan fingerprint density at radius 2 is 1.39 bits per heavy atom. The molecule has 0 bridgehead atoms. The summed E-state index contributed by atoms with van der Waals surface area (Å²) in [5.74, 6) is -2.32. The van der Waals surface area contributed by atoms with Gasteiger partial charge in [0.1, 0.15) is 5.82 Å². The third-order valence-electron chi connectivity index (χ3n) is 10.9. The van der Waals surface area contributed by atoms with Crippen LogP contribution in [0.3, 0.4) is 0 Å². The van der Waals surface area contributed by atoms with Crippen molar-refractivity contribution in [2.75, 3.05) is 48.8 Å². The highest BCUT2D eigenvalue weighted by molar-refractivity contribution is 6.11. The maximum Gasteiger partial charge on any atom is 0.335 e. The number of nitrogens with one attached hydrogen (secondary N) is 2. The maximum absolute atomic E-state index is 13.9. The fourth-order valence-electron chi connectivity index (χ4n) is 7.31. The number of aryl methyl sites for hydroxylation is 2. The Bertz CT molecular complexity index is 2060. The van der Waals surface area contributed by atoms with Crippen LogP contribution in [0, 0.1) is 0 Å². The van der Waals surface area contributed by atoms with E-state index in [9.17, 15) is 24.0 Å². The van der Waals surface area contributed by atoms with Crippen molar-refractivity contribution < 1.29 is 34.2 Å². The highest BCUT2D eigenvalue weighted by Gasteiger charge is 2.22. The molecular formula is C46H56N6O7. The Morgan fingerprint density at radius 3 is 2.02 bits per heavy atom. The first-order valence-corrected chi connectivity index (χ1v) is 20.5. The predicted molar refractivity (Wildman–Crippen MR) is 229 cm³/mol. The number of amides is 3. The van der Waals surface area contributed by atoms with Gasteiger partial charge in [-0.25, -0.2) is 9.78 Å². The Labute approximate surface area is 346 Å². The molecule has 0 unspecified atom stereocenters. The lowest BCUT2D eigenvalue weighted by Gasteiger charge is -2.32. The molecule has 0 atom stereocenters. The lowest BCUT2D eigenvalue weighted by Crippen LogP contribution is -2.41. The number of carbonyl (C=O) groups is 5. The number of pyridine rings is 1. The SMILES string of the molecule is CCC(CC)N(CCN(C)C(=O)CCC(=O)O)Cc1cccc(C(=O)Nc2ccc(N3CCCCC3)nc2C(=O)Nc2ccc(CCc3ccc(C(=O)O)cc3)cc2)c1. The summed E-state index contributed by atoms with van der Waals surface area (Å²) in [7, 11) is 1.69. The molecule has 1 aliphatic heterocycles. The van der Waals surface area contributed by atoms with E-state index in [0.717, 1.165) is 74.7 Å². The molecule has 0 aliphatic carbocycles. The zero-order valence-electron chi connectivity index (χ0n) is 34.3. The van der Waals surface area contributed by atoms with Gasteiger partial charge in [0.15, 0.2) is 5.69 Å². The van der Waals surface area contributed by atoms with Crippen LogP contribution < -0.4 is 15.5 Å². The summed E-state index contributed by atoms with van der Waals surface area (Å²) in [5, 5.41) is 24.1. The highest BCUT2D eigenvalue weighted by atomic mass is 16.4. The first kappa shape index (κ1) is 44.0. The lowest BCUT2D eigenvalue weighted by atomic mass is 10.0. The zero-order chi connectivity index (χ0) is 42.3. The van der Waals surface area contributed by atoms with Crippen LogP contribution in [0.2, 0.25) is 0 Å². The van der Waals surface area contributed by atoms with Crippen molar-refractivity contribution in [3.8, 4) is 0 Å². The lowest BCUT2D eigenvalue weighted by molar-refractivity contribution is -0.140. The van der Waals surface area contributed by atoms with E-state index >= 15 is 0 Å². The number of hydrogen-bond acceptors (Lipinski definition) is 8. The average Bonchev–Trinajstić information content (AvgIpc) is 3.25. The van der Waals surface area contributed by atoms with Gasteiger partial charge in [-0.05, 0) is 110 Å². The minimum absolute atomic E-state index is 0.0437. The summed E-state index contributed by atoms with van der Waals surface area (Å²) in [5.41, 5.74) is 4.66. The number of aromatic carboxylic acids is 1. The minimum atomic E-state index is -1.00. The van der Waals surface area contributed by atoms with Gasteiger partial charge >= 0.3 is 11.9 Å². The molecule has 3 aromatic carbocycles. The summed E-state index contributed by atoms with van der Waals surface area (Å²) in [6.45, 7) is 7.48. The van der Waals surface area contributed by atoms with Crippen molar-refractivity contribution in [2.24, 2.45) is 0 Å². The van der Waals surface area contributed by atoms with E-state index in [1.54, 1.807) is 36.2 Å². The van der Waals surface area contributed by atoms with Gasteiger partial charge in [0.05, 0.1) is 17.7 Å². The maximum atomic E-state index is 13.9. The molecule has 0 spiro atoms. The number of nitrogens with zero attached hydrogens (tertiary/aromatic N) is 4. The summed E-state index contributed by atoms with van der Waals surface area (Å²) >= 11 is 0. The number of carbonyl (C=O) groups excluding carboxylic acids is 3. The van der Waals surface area contributed by atoms with Crippen LogP contribution in [-0.4, -0.2) is 93.9 Å². The highest BCUT2D eigenvalue weighted by Crippen LogP contribution is 2.25. The number of benzene rings is 3. The first-order valence-electron chi connectivity index (χ1n) is 20.5. The van der Waals surface area contributed by atoms with Gasteiger partial charge in [-0.3, -0.25) is 24.1 Å². The van der Waals surface area contributed by atoms with Crippen LogP contribution >= 0.6 is 0 Å². The molecule has 59 heavy (non-hydrogen) atoms. The molecule has 312 valence electrons. The molecule has 0 radical (unpaired) electrons. The van der Waals surface area contributed by atoms with Gasteiger partial charge in [0.25, 0.3) is 11.8 Å². The van der Waals surface area contributed by atoms with Gasteiger partial charge < -0.3 is 30.6 Å². The Kier molecular flexibility index (Phi) is 16.1. The van der Waals surface area contributed by atoms with E-state index in [1.807, 2.05) is 60.7 Å². The van der Waals surface area contributed by atoms with Crippen molar-refractivity contribution in [1.29, 1.82) is 0 Å². The van der Waals surface area contributed by atoms with Crippen molar-refractivity contribution in [3.05, 3.63) is 118 Å². The number of aromatic nitrogens is 1. The molecule has 1 fully saturated rings. The Balaban J connectivity index is 1.28. The normalized spacial score (nSPS) is 12.7. The molecule has 4 N–H and O–H groups in total. The van der Waals surface area contributed by atoms with E-state index in [0.29, 0.717) is 42.4 Å². The summed E-state index contributed by atoms with van der Waals surface area (Å²) in [4.78, 5) is 73.3. The van der Waals surface area contributed by atoms with Crippen molar-refractivity contribution in [3.63, 3.8) is 0 Å². The number of rotatable bonds is 20. The quantitative estimate of drug-likeness (QED) is 0.0707. The third-order valence-corrected chi connectivity index (χ3v) is 10.9. The fraction of sp³-hybridized carbons (Fsp3) is 0.391. The van der Waals surface area contributed by atoms with E-state index in [4.69, 9.17) is 15.2 Å². The summed E-state index contributed by atoms with van der Waals surface area (Å²) < 4.78 is 0. The number of carboxylic acids is 2. The van der Waals surface area contributed by atoms with Gasteiger partial charge in [0.2, 0.25) is 5.91 Å². The second-order valence-electron chi connectivity index (χ2n) is 15.1. The second-order valence-corrected chi connectivity index (χ2v) is 15.1. The topological polar surface area (TPSA) is 172 Å². The number of aliphatic carboxylic acids is 1. The monoisotopic (exact) mass is 804 g/mol. The molecule has 2 heterocycles. The van der Waals surface area contributed by atoms with E-state index < -0.39 is 17.8 Å². The molecule has 13 heteroatoms. The first-order chi connectivity index (χ1) is 28.4. The molecule has 1 aromatic heterocycles. The number of piperidine rings is 1. The molecule has 13 nitrogen and oxygen atoms in total. The number of anilines is 3. The number of likely N-dealkylation sites (N-methyl/N-ethyl adjacent to an activating group) is 1. The van der Waals surface area contributed by atoms with Gasteiger partial charge in [-0.1, -0.05) is 50.2 Å². The number of hydrogen-bond donors (Lipinski definition) is 4. The van der Waals surface area contributed by atoms with Gasteiger partial charge in [-0.2, -0.15) is 0 Å². The third kappa shape index (κ3) is 13.0. The van der Waals surface area contributed by atoms with Crippen LogP contribution in [0.4, 0.5) is 17.2 Å². The predicted octanol–water partition coefficient (Wildman–Crippen LogP) is 7.37. The number of carboxylic acid groups (broad SMARTS) is 2. The smallest absolute Gasteiger partial charge is 0.335 e. The van der Waals surface area contributed by atoms with E-state index in [2.05, 4.69) is 34.3 Å². The van der Waals surface area contributed by atoms with Crippen LogP contribution in [0.25, 0.3) is 0 Å². The van der Waals surface area contributed by atoms with Gasteiger partial charge in [0, 0.05) is 63.5 Å². The Hall–Kier alpha value is -6.08. The molecular weight excluding hydrogens is 749 g/mol. The van der Waals surface area contributed by atoms with Crippen LogP contribution in [-0.2, 0) is 29.0 Å². The molecule has 5 rings (SSSR count). The van der Waals surface area contributed by atoms with Crippen molar-refractivity contribution in [1.82, 2.24) is 14.8 Å². The molecule has 0 saturated carbocycles. The van der Waals surface area contributed by atoms with Gasteiger partial charge in [-0.15, -0.1) is 0 Å². The Morgan fingerprint density at radius 1 is 0.729 bits per heavy atom. The zero-order valence-corrected chi connectivity index (χ0v) is 34.3. The van der Waals surface area contributed by atoms with Crippen molar-refractivity contribution >= 4 is 46.9 Å². The molecule has 4 aromatic rings. The molecule has 1 saturated heterocycles. The van der Waals surface area contributed by atoms with Crippen LogP contribution in [0.5, 0.6) is 0 Å². The fourth-order valence-corrected chi connectivity index (χ4v) is 7.31. The van der Waals surface area contributed by atoms with E-state index in [1.165, 1.54) is 0 Å². The van der Waals surface area contributed by atoms with Crippen LogP contribution in [0.1, 0.15) is 107 Å². The average molecular weight is 805 g/mol. The standard InChI is InChI=1S/C46H56N6O7/c1-4-38(5-2)52(29-28-50(3)41(53)24-25-42(54)55)31-34-10-9-11-36(30-34)44(56)48-39-22-23-40(51-26-7-6-8-27-51)49-43(39)45(57)47-37-20-16-33(17-21-37)13-12-32-14-18-35(19-15-32)46(58)59/h9-11,14-23,30,38H,4-8,12-13,24-29,31H2,1-3H3,(H,47,57)(H,48,56)(H,54,55)(H,58,59). The van der Waals surface area contributed by atoms with Crippen LogP contribution in [0.15, 0.2) is 84.9 Å².